The van der Waals surface area contributed by atoms with Gasteiger partial charge in [0.1, 0.15) is 4.90 Å². The molecule has 21 heavy (non-hydrogen) atoms. The molecular weight excluding hydrogens is 286 g/mol. The third-order valence-corrected chi connectivity index (χ3v) is 4.78. The normalized spacial score (nSPS) is 11.6. The topological polar surface area (TPSA) is 77.1 Å². The second kappa shape index (κ2) is 5.91. The lowest BCUT2D eigenvalue weighted by Crippen LogP contribution is -2.13. The molecule has 5 nitrogen and oxygen atoms in total. The Labute approximate surface area is 125 Å². The molecule has 0 saturated carbocycles. The van der Waals surface area contributed by atoms with Gasteiger partial charge in [0.05, 0.1) is 5.69 Å². The summed E-state index contributed by atoms with van der Waals surface area (Å²) in [4.78, 5) is 0.241. The Balaban J connectivity index is 2.36. The lowest BCUT2D eigenvalue weighted by atomic mass is 10.1. The highest BCUT2D eigenvalue weighted by atomic mass is 32.2. The molecule has 1 aromatic carbocycles. The lowest BCUT2D eigenvalue weighted by molar-refractivity contribution is 0.600. The van der Waals surface area contributed by atoms with Crippen LogP contribution in [-0.4, -0.2) is 13.0 Å². The Bertz CT molecular complexity index is 727. The van der Waals surface area contributed by atoms with Crippen molar-refractivity contribution in [3.63, 3.8) is 0 Å². The summed E-state index contributed by atoms with van der Waals surface area (Å²) in [6, 6.07) is 7.23. The number of nitrogens with zero attached hydrogens (tertiary/aromatic N) is 1. The van der Waals surface area contributed by atoms with Crippen LogP contribution in [0, 0.1) is 13.8 Å². The van der Waals surface area contributed by atoms with Crippen LogP contribution in [0.25, 0.3) is 0 Å². The van der Waals surface area contributed by atoms with E-state index < -0.39 is 10.0 Å². The van der Waals surface area contributed by atoms with Gasteiger partial charge in [0.15, 0.2) is 0 Å². The molecule has 0 amide bonds. The molecule has 0 saturated heterocycles. The van der Waals surface area contributed by atoms with Gasteiger partial charge < -0.3 is 10.3 Å². The van der Waals surface area contributed by atoms with Gasteiger partial charge in [0.2, 0.25) is 0 Å². The van der Waals surface area contributed by atoms with E-state index in [1.165, 1.54) is 0 Å². The number of anilines is 1. The number of hydrogen-bond acceptors (Lipinski definition) is 3. The molecule has 2 rings (SSSR count). The number of hydrogen-bond donors (Lipinski definition) is 2. The van der Waals surface area contributed by atoms with Crippen molar-refractivity contribution in [2.75, 3.05) is 4.72 Å². The van der Waals surface area contributed by atoms with Gasteiger partial charge in [0.25, 0.3) is 10.0 Å². The zero-order chi connectivity index (χ0) is 15.6. The van der Waals surface area contributed by atoms with Crippen LogP contribution in [0.2, 0.25) is 0 Å². The zero-order valence-corrected chi connectivity index (χ0v) is 13.4. The highest BCUT2D eigenvalue weighted by Crippen LogP contribution is 2.22. The average Bonchev–Trinajstić information content (AvgIpc) is 2.86. The molecule has 0 fully saturated rings. The van der Waals surface area contributed by atoms with Crippen molar-refractivity contribution in [2.45, 2.75) is 38.8 Å². The molecule has 0 aliphatic heterocycles. The SMILES string of the molecule is CCn1cc(S(=O)(=O)Nc2ccc(C)cc2C)cc1CN. The Kier molecular flexibility index (Phi) is 4.39. The number of rotatable bonds is 5. The Morgan fingerprint density at radius 3 is 2.48 bits per heavy atom. The number of sulfonamides is 1. The van der Waals surface area contributed by atoms with E-state index in [1.54, 1.807) is 18.3 Å². The van der Waals surface area contributed by atoms with Crippen LogP contribution in [0.1, 0.15) is 23.7 Å². The highest BCUT2D eigenvalue weighted by molar-refractivity contribution is 7.92. The van der Waals surface area contributed by atoms with Crippen LogP contribution in [-0.2, 0) is 23.1 Å². The van der Waals surface area contributed by atoms with Crippen LogP contribution in [0.3, 0.4) is 0 Å². The molecule has 2 aromatic rings. The summed E-state index contributed by atoms with van der Waals surface area (Å²) >= 11 is 0. The van der Waals surface area contributed by atoms with Crippen molar-refractivity contribution in [1.82, 2.24) is 4.57 Å². The second-order valence-electron chi connectivity index (χ2n) is 5.08. The maximum atomic E-state index is 12.5. The van der Waals surface area contributed by atoms with Crippen LogP contribution < -0.4 is 10.5 Å². The maximum absolute atomic E-state index is 12.5. The summed E-state index contributed by atoms with van der Waals surface area (Å²) in [7, 11) is -3.60. The van der Waals surface area contributed by atoms with Crippen molar-refractivity contribution < 1.29 is 8.42 Å². The first kappa shape index (κ1) is 15.6. The van der Waals surface area contributed by atoms with E-state index >= 15 is 0 Å². The fourth-order valence-electron chi connectivity index (χ4n) is 2.27. The fourth-order valence-corrected chi connectivity index (χ4v) is 3.46. The monoisotopic (exact) mass is 307 g/mol. The zero-order valence-electron chi connectivity index (χ0n) is 12.6. The largest absolute Gasteiger partial charge is 0.349 e. The number of nitrogens with two attached hydrogens (primary N) is 1. The molecule has 1 aromatic heterocycles. The van der Waals surface area contributed by atoms with Crippen molar-refractivity contribution in [3.05, 3.63) is 47.3 Å². The van der Waals surface area contributed by atoms with Crippen molar-refractivity contribution in [3.8, 4) is 0 Å². The number of aryl methyl sites for hydroxylation is 3. The lowest BCUT2D eigenvalue weighted by Gasteiger charge is -2.10. The van der Waals surface area contributed by atoms with Crippen molar-refractivity contribution in [1.29, 1.82) is 0 Å². The molecule has 0 unspecified atom stereocenters. The van der Waals surface area contributed by atoms with E-state index in [4.69, 9.17) is 5.73 Å². The van der Waals surface area contributed by atoms with Gasteiger partial charge in [0, 0.05) is 25.0 Å². The number of aromatic nitrogens is 1. The summed E-state index contributed by atoms with van der Waals surface area (Å²) in [6.07, 6.45) is 1.62. The number of benzene rings is 1. The van der Waals surface area contributed by atoms with E-state index in [0.29, 0.717) is 18.8 Å². The number of nitrogens with one attached hydrogen (secondary N) is 1. The highest BCUT2D eigenvalue weighted by Gasteiger charge is 2.18. The quantitative estimate of drug-likeness (QED) is 0.890. The minimum atomic E-state index is -3.60. The molecule has 6 heteroatoms. The van der Waals surface area contributed by atoms with Crippen molar-refractivity contribution in [2.24, 2.45) is 5.73 Å². The summed E-state index contributed by atoms with van der Waals surface area (Å²) in [5, 5.41) is 0. The Hall–Kier alpha value is -1.79. The minimum absolute atomic E-state index is 0.241. The molecule has 114 valence electrons. The van der Waals surface area contributed by atoms with Crippen LogP contribution in [0.15, 0.2) is 35.4 Å². The maximum Gasteiger partial charge on any atom is 0.263 e. The summed E-state index contributed by atoms with van der Waals surface area (Å²) in [6.45, 7) is 6.80. The van der Waals surface area contributed by atoms with E-state index in [0.717, 1.165) is 16.8 Å². The van der Waals surface area contributed by atoms with Gasteiger partial charge in [-0.25, -0.2) is 8.42 Å². The van der Waals surface area contributed by atoms with Gasteiger partial charge in [-0.2, -0.15) is 0 Å². The van der Waals surface area contributed by atoms with Gasteiger partial charge in [-0.1, -0.05) is 17.7 Å². The smallest absolute Gasteiger partial charge is 0.263 e. The minimum Gasteiger partial charge on any atom is -0.349 e. The summed E-state index contributed by atoms with van der Waals surface area (Å²) < 4.78 is 29.4. The molecule has 0 radical (unpaired) electrons. The van der Waals surface area contributed by atoms with Crippen LogP contribution in [0.5, 0.6) is 0 Å². The first-order chi connectivity index (χ1) is 9.87. The van der Waals surface area contributed by atoms with E-state index in [9.17, 15) is 8.42 Å². The molecule has 3 N–H and O–H groups in total. The molecule has 0 aliphatic carbocycles. The Morgan fingerprint density at radius 2 is 1.95 bits per heavy atom. The predicted octanol–water partition coefficient (Wildman–Crippen LogP) is 2.38. The molecule has 0 bridgehead atoms. The molecule has 0 atom stereocenters. The second-order valence-corrected chi connectivity index (χ2v) is 6.76. The van der Waals surface area contributed by atoms with Gasteiger partial charge in [-0.05, 0) is 38.5 Å². The molecule has 0 spiro atoms. The standard InChI is InChI=1S/C15H21N3O2S/c1-4-18-10-14(8-13(18)9-16)21(19,20)17-15-6-5-11(2)7-12(15)3/h5-8,10,17H,4,9,16H2,1-3H3. The van der Waals surface area contributed by atoms with Gasteiger partial charge in [-0.15, -0.1) is 0 Å². The summed E-state index contributed by atoms with van der Waals surface area (Å²) in [5.41, 5.74) is 9.03. The third kappa shape index (κ3) is 3.28. The first-order valence-electron chi connectivity index (χ1n) is 6.86. The fraction of sp³-hybridized carbons (Fsp3) is 0.333. The van der Waals surface area contributed by atoms with E-state index in [1.807, 2.05) is 37.5 Å². The van der Waals surface area contributed by atoms with Crippen molar-refractivity contribution >= 4 is 15.7 Å². The third-order valence-electron chi connectivity index (χ3n) is 3.45. The summed E-state index contributed by atoms with van der Waals surface area (Å²) in [5.74, 6) is 0. The van der Waals surface area contributed by atoms with Crippen LogP contribution >= 0.6 is 0 Å². The predicted molar refractivity (Wildman–Crippen MR) is 84.7 cm³/mol. The average molecular weight is 307 g/mol. The first-order valence-corrected chi connectivity index (χ1v) is 8.35. The van der Waals surface area contributed by atoms with E-state index in [2.05, 4.69) is 4.72 Å². The van der Waals surface area contributed by atoms with Gasteiger partial charge in [-0.3, -0.25) is 4.72 Å². The van der Waals surface area contributed by atoms with Crippen LogP contribution in [0.4, 0.5) is 5.69 Å². The molecule has 0 aliphatic rings. The molecular formula is C15H21N3O2S. The Morgan fingerprint density at radius 1 is 1.24 bits per heavy atom. The van der Waals surface area contributed by atoms with E-state index in [-0.39, 0.29) is 4.90 Å². The molecule has 1 heterocycles. The van der Waals surface area contributed by atoms with Gasteiger partial charge >= 0.3 is 0 Å².